The maximum absolute atomic E-state index is 12.6. The molecule has 0 bridgehead atoms. The molecule has 0 saturated carbocycles. The molecule has 136 valence electrons. The number of piperidine rings is 1. The van der Waals surface area contributed by atoms with Crippen LogP contribution < -0.4 is 5.32 Å². The van der Waals surface area contributed by atoms with Gasteiger partial charge >= 0.3 is 6.03 Å². The van der Waals surface area contributed by atoms with Crippen LogP contribution in [-0.4, -0.2) is 39.0 Å². The van der Waals surface area contributed by atoms with Gasteiger partial charge in [-0.2, -0.15) is 5.26 Å². The van der Waals surface area contributed by atoms with Crippen LogP contribution in [0.3, 0.4) is 0 Å². The maximum Gasteiger partial charge on any atom is 0.321 e. The number of fused-ring (bicyclic) bond motifs is 1. The number of likely N-dealkylation sites (tertiary alicyclic amines) is 1. The molecule has 0 unspecified atom stereocenters. The van der Waals surface area contributed by atoms with E-state index in [4.69, 9.17) is 5.26 Å². The zero-order valence-corrected chi connectivity index (χ0v) is 14.9. The van der Waals surface area contributed by atoms with Crippen molar-refractivity contribution >= 4 is 22.8 Å². The molecule has 27 heavy (non-hydrogen) atoms. The van der Waals surface area contributed by atoms with Gasteiger partial charge in [0.2, 0.25) is 0 Å². The average Bonchev–Trinajstić information content (AvgIpc) is 3.11. The van der Waals surface area contributed by atoms with Gasteiger partial charge in [-0.3, -0.25) is 0 Å². The van der Waals surface area contributed by atoms with E-state index in [1.807, 2.05) is 35.2 Å². The number of amides is 2. The van der Waals surface area contributed by atoms with E-state index >= 15 is 0 Å². The second kappa shape index (κ2) is 7.46. The van der Waals surface area contributed by atoms with E-state index < -0.39 is 0 Å². The van der Waals surface area contributed by atoms with E-state index in [0.717, 1.165) is 42.7 Å². The van der Waals surface area contributed by atoms with Gasteiger partial charge in [0.25, 0.3) is 0 Å². The molecule has 1 saturated heterocycles. The number of aromatic nitrogens is 3. The number of H-pyrrole nitrogens is 1. The van der Waals surface area contributed by atoms with Crippen LogP contribution >= 0.6 is 0 Å². The number of urea groups is 1. The summed E-state index contributed by atoms with van der Waals surface area (Å²) in [5.41, 5.74) is 2.95. The van der Waals surface area contributed by atoms with E-state index in [-0.39, 0.29) is 6.03 Å². The van der Waals surface area contributed by atoms with Crippen molar-refractivity contribution in [2.45, 2.75) is 19.3 Å². The van der Waals surface area contributed by atoms with E-state index in [9.17, 15) is 4.79 Å². The van der Waals surface area contributed by atoms with E-state index in [1.165, 1.54) is 6.20 Å². The molecule has 2 amide bonds. The van der Waals surface area contributed by atoms with Gasteiger partial charge in [0.1, 0.15) is 17.6 Å². The fourth-order valence-corrected chi connectivity index (χ4v) is 3.53. The SMILES string of the molecule is N#Cc1ccc(NC(=O)N2CCC[C@@H](Cc3nc4ccccc4[nH]3)C2)cn1. The lowest BCUT2D eigenvalue weighted by atomic mass is 9.95. The summed E-state index contributed by atoms with van der Waals surface area (Å²) in [5.74, 6) is 1.35. The minimum absolute atomic E-state index is 0.129. The molecule has 0 radical (unpaired) electrons. The summed E-state index contributed by atoms with van der Waals surface area (Å²) < 4.78 is 0. The number of benzene rings is 1. The number of carbonyl (C=O) groups excluding carboxylic acids is 1. The molecule has 4 rings (SSSR count). The number of imidazole rings is 1. The highest BCUT2D eigenvalue weighted by Gasteiger charge is 2.24. The van der Waals surface area contributed by atoms with Crippen molar-refractivity contribution in [2.24, 2.45) is 5.92 Å². The minimum Gasteiger partial charge on any atom is -0.342 e. The Kier molecular flexibility index (Phi) is 4.71. The molecule has 7 nitrogen and oxygen atoms in total. The molecule has 2 N–H and O–H groups in total. The van der Waals surface area contributed by atoms with Gasteiger partial charge in [0.15, 0.2) is 0 Å². The number of nitrogens with one attached hydrogen (secondary N) is 2. The number of rotatable bonds is 3. The average molecular weight is 360 g/mol. The lowest BCUT2D eigenvalue weighted by molar-refractivity contribution is 0.176. The number of carbonyl (C=O) groups is 1. The summed E-state index contributed by atoms with van der Waals surface area (Å²) in [6.45, 7) is 1.44. The van der Waals surface area contributed by atoms with Crippen LogP contribution in [0.2, 0.25) is 0 Å². The molecule has 7 heteroatoms. The predicted octanol–water partition coefficient (Wildman–Crippen LogP) is 3.32. The smallest absolute Gasteiger partial charge is 0.321 e. The van der Waals surface area contributed by atoms with Crippen LogP contribution in [0.4, 0.5) is 10.5 Å². The van der Waals surface area contributed by atoms with Crippen molar-refractivity contribution in [1.29, 1.82) is 5.26 Å². The Bertz CT molecular complexity index is 955. The van der Waals surface area contributed by atoms with E-state index in [2.05, 4.69) is 20.3 Å². The third-order valence-electron chi connectivity index (χ3n) is 4.86. The van der Waals surface area contributed by atoms with Crippen molar-refractivity contribution in [3.63, 3.8) is 0 Å². The van der Waals surface area contributed by atoms with Gasteiger partial charge in [0.05, 0.1) is 22.9 Å². The molecular formula is C20H20N6O. The topological polar surface area (TPSA) is 97.7 Å². The van der Waals surface area contributed by atoms with Gasteiger partial charge < -0.3 is 15.2 Å². The van der Waals surface area contributed by atoms with Crippen LogP contribution in [0.5, 0.6) is 0 Å². The number of para-hydroxylation sites is 2. The highest BCUT2D eigenvalue weighted by atomic mass is 16.2. The molecule has 1 fully saturated rings. The lowest BCUT2D eigenvalue weighted by Crippen LogP contribution is -2.42. The van der Waals surface area contributed by atoms with E-state index in [1.54, 1.807) is 12.1 Å². The molecule has 1 aliphatic heterocycles. The first-order valence-electron chi connectivity index (χ1n) is 9.07. The zero-order valence-electron chi connectivity index (χ0n) is 14.9. The summed E-state index contributed by atoms with van der Waals surface area (Å²) in [4.78, 5) is 26.4. The van der Waals surface area contributed by atoms with Crippen molar-refractivity contribution in [3.05, 3.63) is 54.1 Å². The summed E-state index contributed by atoms with van der Waals surface area (Å²) in [5, 5.41) is 11.7. The number of hydrogen-bond acceptors (Lipinski definition) is 4. The molecule has 0 aliphatic carbocycles. The second-order valence-electron chi connectivity index (χ2n) is 6.83. The number of anilines is 1. The van der Waals surface area contributed by atoms with Crippen molar-refractivity contribution in [1.82, 2.24) is 19.9 Å². The Hall–Kier alpha value is -3.40. The fourth-order valence-electron chi connectivity index (χ4n) is 3.53. The Morgan fingerprint density at radius 1 is 1.33 bits per heavy atom. The Morgan fingerprint density at radius 3 is 3.00 bits per heavy atom. The highest BCUT2D eigenvalue weighted by molar-refractivity contribution is 5.89. The normalized spacial score (nSPS) is 16.9. The molecule has 2 aromatic heterocycles. The van der Waals surface area contributed by atoms with Gasteiger partial charge in [-0.25, -0.2) is 14.8 Å². The first-order valence-corrected chi connectivity index (χ1v) is 9.07. The minimum atomic E-state index is -0.129. The van der Waals surface area contributed by atoms with Crippen LogP contribution in [0, 0.1) is 17.2 Å². The van der Waals surface area contributed by atoms with Crippen molar-refractivity contribution < 1.29 is 4.79 Å². The molecule has 1 aliphatic rings. The van der Waals surface area contributed by atoms with Gasteiger partial charge in [-0.1, -0.05) is 12.1 Å². The number of pyridine rings is 1. The monoisotopic (exact) mass is 360 g/mol. The first kappa shape index (κ1) is 17.0. The van der Waals surface area contributed by atoms with Gasteiger partial charge in [-0.05, 0) is 43.0 Å². The molecule has 3 aromatic rings. The largest absolute Gasteiger partial charge is 0.342 e. The molecule has 1 aromatic carbocycles. The molecule has 3 heterocycles. The fraction of sp³-hybridized carbons (Fsp3) is 0.300. The van der Waals surface area contributed by atoms with Crippen LogP contribution in [0.25, 0.3) is 11.0 Å². The van der Waals surface area contributed by atoms with Crippen molar-refractivity contribution in [2.75, 3.05) is 18.4 Å². The number of nitrogens with zero attached hydrogens (tertiary/aromatic N) is 4. The first-order chi connectivity index (χ1) is 13.2. The Morgan fingerprint density at radius 2 is 2.22 bits per heavy atom. The van der Waals surface area contributed by atoms with Crippen LogP contribution in [0.1, 0.15) is 24.4 Å². The van der Waals surface area contributed by atoms with Crippen LogP contribution in [0.15, 0.2) is 42.6 Å². The molecule has 1 atom stereocenters. The third-order valence-corrected chi connectivity index (χ3v) is 4.86. The summed E-state index contributed by atoms with van der Waals surface area (Å²) >= 11 is 0. The standard InChI is InChI=1S/C20H20N6O/c21-11-15-7-8-16(12-22-15)23-20(27)26-9-3-4-14(13-26)10-19-24-17-5-1-2-6-18(17)25-19/h1-2,5-8,12,14H,3-4,9-10,13H2,(H,23,27)(H,24,25)/t14-/m0/s1. The Labute approximate surface area is 157 Å². The predicted molar refractivity (Wildman–Crippen MR) is 102 cm³/mol. The second-order valence-corrected chi connectivity index (χ2v) is 6.83. The highest BCUT2D eigenvalue weighted by Crippen LogP contribution is 2.22. The summed E-state index contributed by atoms with van der Waals surface area (Å²) in [7, 11) is 0. The summed E-state index contributed by atoms with van der Waals surface area (Å²) in [6.07, 6.45) is 4.40. The van der Waals surface area contributed by atoms with Crippen molar-refractivity contribution in [3.8, 4) is 6.07 Å². The zero-order chi connectivity index (χ0) is 18.6. The maximum atomic E-state index is 12.6. The Balaban J connectivity index is 1.38. The number of hydrogen-bond donors (Lipinski definition) is 2. The summed E-state index contributed by atoms with van der Waals surface area (Å²) in [6, 6.07) is 13.1. The third kappa shape index (κ3) is 3.90. The lowest BCUT2D eigenvalue weighted by Gasteiger charge is -2.32. The van der Waals surface area contributed by atoms with E-state index in [0.29, 0.717) is 23.8 Å². The van der Waals surface area contributed by atoms with Crippen LogP contribution in [-0.2, 0) is 6.42 Å². The number of aromatic amines is 1. The number of nitriles is 1. The quantitative estimate of drug-likeness (QED) is 0.748. The van der Waals surface area contributed by atoms with Gasteiger partial charge in [-0.15, -0.1) is 0 Å². The van der Waals surface area contributed by atoms with Gasteiger partial charge in [0, 0.05) is 19.5 Å². The molecule has 0 spiro atoms. The molecular weight excluding hydrogens is 340 g/mol.